The van der Waals surface area contributed by atoms with Gasteiger partial charge < -0.3 is 24.2 Å². The molecule has 3 fully saturated rings. The molecule has 7 nitrogen and oxygen atoms in total. The number of rotatable bonds is 2. The quantitative estimate of drug-likeness (QED) is 0.899. The van der Waals surface area contributed by atoms with Gasteiger partial charge in [0.05, 0.1) is 18.2 Å². The van der Waals surface area contributed by atoms with Gasteiger partial charge in [-0.3, -0.25) is 0 Å². The van der Waals surface area contributed by atoms with Gasteiger partial charge in [-0.05, 0) is 26.7 Å². The van der Waals surface area contributed by atoms with Gasteiger partial charge in [0.25, 0.3) is 0 Å². The fourth-order valence-corrected chi connectivity index (χ4v) is 3.75. The average Bonchev–Trinajstić information content (AvgIpc) is 3.33. The largest absolute Gasteiger partial charge is 0.381 e. The van der Waals surface area contributed by atoms with Crippen molar-refractivity contribution < 1.29 is 18.8 Å². The second-order valence-corrected chi connectivity index (χ2v) is 7.32. The van der Waals surface area contributed by atoms with E-state index in [2.05, 4.69) is 10.5 Å². The summed E-state index contributed by atoms with van der Waals surface area (Å²) >= 11 is 0. The lowest BCUT2D eigenvalue weighted by Gasteiger charge is -2.47. The molecule has 2 saturated heterocycles. The predicted octanol–water partition coefficient (Wildman–Crippen LogP) is 2.66. The third kappa shape index (κ3) is 3.02. The van der Waals surface area contributed by atoms with E-state index >= 15 is 0 Å². The number of urea groups is 1. The molecule has 7 heteroatoms. The van der Waals surface area contributed by atoms with Crippen molar-refractivity contribution in [2.75, 3.05) is 31.6 Å². The highest BCUT2D eigenvalue weighted by molar-refractivity contribution is 5.90. The van der Waals surface area contributed by atoms with Gasteiger partial charge in [0.15, 0.2) is 5.76 Å². The first kappa shape index (κ1) is 15.9. The second kappa shape index (κ2) is 6.04. The number of nitrogens with one attached hydrogen (secondary N) is 1. The second-order valence-electron chi connectivity index (χ2n) is 7.32. The lowest BCUT2D eigenvalue weighted by molar-refractivity contribution is -0.174. The zero-order valence-corrected chi connectivity index (χ0v) is 14.3. The molecule has 4 rings (SSSR count). The number of aryl methyl sites for hydroxylation is 1. The van der Waals surface area contributed by atoms with Crippen molar-refractivity contribution in [2.45, 2.75) is 57.2 Å². The number of amides is 2. The fourth-order valence-electron chi connectivity index (χ4n) is 3.75. The topological polar surface area (TPSA) is 76.8 Å². The molecule has 2 aliphatic heterocycles. The Labute approximate surface area is 141 Å². The van der Waals surface area contributed by atoms with E-state index in [0.29, 0.717) is 32.2 Å². The zero-order valence-electron chi connectivity index (χ0n) is 14.3. The van der Waals surface area contributed by atoms with E-state index in [-0.39, 0.29) is 17.7 Å². The molecule has 0 aromatic carbocycles. The number of anilines is 1. The van der Waals surface area contributed by atoms with Crippen molar-refractivity contribution in [3.63, 3.8) is 0 Å². The standard InChI is InChI=1S/C17H25N3O4/c1-11-9-20(10-17(23-11)5-7-22-8-6-17)16(21)18-14-12(2)19-24-15(14)13-3-4-13/h11,13H,3-10H2,1-2H3,(H,18,21). The van der Waals surface area contributed by atoms with Gasteiger partial charge in [0.1, 0.15) is 11.4 Å². The molecule has 0 radical (unpaired) electrons. The van der Waals surface area contributed by atoms with Crippen LogP contribution in [0.4, 0.5) is 10.5 Å². The van der Waals surface area contributed by atoms with Gasteiger partial charge in [-0.25, -0.2) is 4.79 Å². The number of carbonyl (C=O) groups excluding carboxylic acids is 1. The third-order valence-corrected chi connectivity index (χ3v) is 5.17. The Morgan fingerprint density at radius 1 is 1.33 bits per heavy atom. The number of hydrogen-bond acceptors (Lipinski definition) is 5. The smallest absolute Gasteiger partial charge is 0.322 e. The van der Waals surface area contributed by atoms with Crippen LogP contribution in [0.1, 0.15) is 50.0 Å². The molecule has 1 saturated carbocycles. The maximum atomic E-state index is 12.8. The van der Waals surface area contributed by atoms with Gasteiger partial charge in [0.2, 0.25) is 0 Å². The maximum absolute atomic E-state index is 12.8. The van der Waals surface area contributed by atoms with Crippen LogP contribution in [0.25, 0.3) is 0 Å². The Morgan fingerprint density at radius 3 is 2.79 bits per heavy atom. The molecular weight excluding hydrogens is 310 g/mol. The summed E-state index contributed by atoms with van der Waals surface area (Å²) in [6, 6.07) is -0.0933. The summed E-state index contributed by atoms with van der Waals surface area (Å²) in [5.41, 5.74) is 1.23. The van der Waals surface area contributed by atoms with Gasteiger partial charge in [-0.1, -0.05) is 5.16 Å². The molecule has 132 valence electrons. The summed E-state index contributed by atoms with van der Waals surface area (Å²) in [6.45, 7) is 6.48. The van der Waals surface area contributed by atoms with Crippen LogP contribution in [-0.2, 0) is 9.47 Å². The number of hydrogen-bond donors (Lipinski definition) is 1. The molecule has 0 bridgehead atoms. The van der Waals surface area contributed by atoms with Gasteiger partial charge in [-0.15, -0.1) is 0 Å². The van der Waals surface area contributed by atoms with Crippen LogP contribution in [0.2, 0.25) is 0 Å². The summed E-state index contributed by atoms with van der Waals surface area (Å²) in [7, 11) is 0. The van der Waals surface area contributed by atoms with E-state index in [9.17, 15) is 4.79 Å². The number of morpholine rings is 1. The number of nitrogens with zero attached hydrogens (tertiary/aromatic N) is 2. The molecule has 1 aliphatic carbocycles. The highest BCUT2D eigenvalue weighted by Gasteiger charge is 2.42. The predicted molar refractivity (Wildman–Crippen MR) is 87.1 cm³/mol. The number of ether oxygens (including phenoxy) is 2. The first-order chi connectivity index (χ1) is 11.6. The Bertz CT molecular complexity index is 619. The highest BCUT2D eigenvalue weighted by Crippen LogP contribution is 2.44. The Morgan fingerprint density at radius 2 is 2.08 bits per heavy atom. The van der Waals surface area contributed by atoms with Crippen molar-refractivity contribution in [2.24, 2.45) is 0 Å². The van der Waals surface area contributed by atoms with Crippen LogP contribution in [0.3, 0.4) is 0 Å². The fraction of sp³-hybridized carbons (Fsp3) is 0.765. The van der Waals surface area contributed by atoms with Crippen LogP contribution in [0.5, 0.6) is 0 Å². The number of aromatic nitrogens is 1. The van der Waals surface area contributed by atoms with Gasteiger partial charge in [-0.2, -0.15) is 0 Å². The molecule has 3 aliphatic rings. The molecule has 2 amide bonds. The normalized spacial score (nSPS) is 26.6. The van der Waals surface area contributed by atoms with E-state index in [1.54, 1.807) is 0 Å². The summed E-state index contributed by atoms with van der Waals surface area (Å²) in [6.07, 6.45) is 3.90. The Balaban J connectivity index is 1.48. The van der Waals surface area contributed by atoms with Crippen molar-refractivity contribution in [1.29, 1.82) is 0 Å². The molecule has 1 spiro atoms. The van der Waals surface area contributed by atoms with Gasteiger partial charge in [0, 0.05) is 38.5 Å². The Hall–Kier alpha value is -1.60. The van der Waals surface area contributed by atoms with Gasteiger partial charge >= 0.3 is 6.03 Å². The van der Waals surface area contributed by atoms with Crippen LogP contribution >= 0.6 is 0 Å². The van der Waals surface area contributed by atoms with Crippen molar-refractivity contribution in [1.82, 2.24) is 10.1 Å². The summed E-state index contributed by atoms with van der Waals surface area (Å²) < 4.78 is 17.1. The molecule has 1 unspecified atom stereocenters. The molecular formula is C17H25N3O4. The molecule has 1 aromatic rings. The van der Waals surface area contributed by atoms with Crippen LogP contribution in [0.15, 0.2) is 4.52 Å². The average molecular weight is 335 g/mol. The molecule has 1 N–H and O–H groups in total. The lowest BCUT2D eigenvalue weighted by atomic mass is 9.91. The minimum Gasteiger partial charge on any atom is -0.381 e. The highest BCUT2D eigenvalue weighted by atomic mass is 16.5. The van der Waals surface area contributed by atoms with Crippen LogP contribution < -0.4 is 5.32 Å². The minimum absolute atomic E-state index is 0.0223. The van der Waals surface area contributed by atoms with Crippen molar-refractivity contribution >= 4 is 11.7 Å². The Kier molecular flexibility index (Phi) is 4.00. The minimum atomic E-state index is -0.268. The first-order valence-corrected chi connectivity index (χ1v) is 8.84. The molecule has 1 atom stereocenters. The zero-order chi connectivity index (χ0) is 16.7. The third-order valence-electron chi connectivity index (χ3n) is 5.17. The maximum Gasteiger partial charge on any atom is 0.322 e. The first-order valence-electron chi connectivity index (χ1n) is 8.84. The van der Waals surface area contributed by atoms with Crippen molar-refractivity contribution in [3.05, 3.63) is 11.5 Å². The number of carbonyl (C=O) groups is 1. The lowest BCUT2D eigenvalue weighted by Crippen LogP contribution is -2.59. The monoisotopic (exact) mass is 335 g/mol. The van der Waals surface area contributed by atoms with E-state index in [1.165, 1.54) is 0 Å². The van der Waals surface area contributed by atoms with Crippen LogP contribution in [0, 0.1) is 6.92 Å². The summed E-state index contributed by atoms with van der Waals surface area (Å²) in [5.74, 6) is 1.23. The molecule has 3 heterocycles. The molecule has 1 aromatic heterocycles. The van der Waals surface area contributed by atoms with E-state index in [0.717, 1.165) is 42.8 Å². The van der Waals surface area contributed by atoms with Crippen molar-refractivity contribution in [3.8, 4) is 0 Å². The van der Waals surface area contributed by atoms with E-state index < -0.39 is 0 Å². The SMILES string of the molecule is Cc1noc(C2CC2)c1NC(=O)N1CC(C)OC2(CCOCC2)C1. The molecule has 24 heavy (non-hydrogen) atoms. The van der Waals surface area contributed by atoms with E-state index in [1.807, 2.05) is 18.7 Å². The van der Waals surface area contributed by atoms with Crippen LogP contribution in [-0.4, -0.2) is 54.1 Å². The summed E-state index contributed by atoms with van der Waals surface area (Å²) in [5, 5.41) is 7.06. The van der Waals surface area contributed by atoms with E-state index in [4.69, 9.17) is 14.0 Å². The summed E-state index contributed by atoms with van der Waals surface area (Å²) in [4.78, 5) is 14.7.